The Kier molecular flexibility index (Phi) is 7.89. The SMILES string of the molecule is CCC[N+]([CH-]C#Cc1ccccc1)(C/C=C/c1ccccc1)CCC. The van der Waals surface area contributed by atoms with Crippen molar-refractivity contribution < 1.29 is 4.48 Å². The standard InChI is InChI=1S/C24H29N/c1-3-19-25(20-4-2,21-11-17-23-13-7-5-8-14-23)22-12-18-24-15-9-6-10-16-24/h5-11,13-17,22H,3-4,19-21H2,1-2H3/b17-11+. The molecule has 0 aromatic heterocycles. The van der Waals surface area contributed by atoms with Crippen molar-refractivity contribution in [3.8, 4) is 11.8 Å². The molecule has 130 valence electrons. The van der Waals surface area contributed by atoms with Crippen LogP contribution in [-0.2, 0) is 0 Å². The third-order valence-electron chi connectivity index (χ3n) is 4.25. The van der Waals surface area contributed by atoms with Gasteiger partial charge in [0.2, 0.25) is 0 Å². The Morgan fingerprint density at radius 2 is 1.48 bits per heavy atom. The monoisotopic (exact) mass is 331 g/mol. The lowest BCUT2D eigenvalue weighted by Gasteiger charge is -2.40. The van der Waals surface area contributed by atoms with Crippen molar-refractivity contribution in [2.24, 2.45) is 0 Å². The smallest absolute Gasteiger partial charge is 0.0889 e. The molecule has 25 heavy (non-hydrogen) atoms. The highest BCUT2D eigenvalue weighted by Gasteiger charge is 2.18. The molecule has 2 aromatic carbocycles. The lowest BCUT2D eigenvalue weighted by molar-refractivity contribution is -0.889. The fraction of sp³-hybridized carbons (Fsp3) is 0.292. The van der Waals surface area contributed by atoms with E-state index in [1.54, 1.807) is 0 Å². The van der Waals surface area contributed by atoms with Crippen molar-refractivity contribution in [2.75, 3.05) is 19.6 Å². The highest BCUT2D eigenvalue weighted by molar-refractivity contribution is 5.48. The molecule has 0 aliphatic heterocycles. The van der Waals surface area contributed by atoms with Crippen LogP contribution in [-0.4, -0.2) is 24.1 Å². The second kappa shape index (κ2) is 10.4. The summed E-state index contributed by atoms with van der Waals surface area (Å²) in [6.45, 7) is 9.94. The molecule has 0 spiro atoms. The van der Waals surface area contributed by atoms with Gasteiger partial charge >= 0.3 is 0 Å². The number of rotatable bonds is 8. The van der Waals surface area contributed by atoms with Gasteiger partial charge in [0, 0.05) is 6.54 Å². The minimum atomic E-state index is 0.927. The largest absolute Gasteiger partial charge is 0.359 e. The average molecular weight is 332 g/mol. The van der Waals surface area contributed by atoms with E-state index in [9.17, 15) is 0 Å². The van der Waals surface area contributed by atoms with Crippen molar-refractivity contribution in [1.82, 2.24) is 0 Å². The zero-order chi connectivity index (χ0) is 17.8. The maximum Gasteiger partial charge on any atom is 0.0889 e. The number of quaternary nitrogens is 1. The molecular weight excluding hydrogens is 302 g/mol. The Hall–Kier alpha value is -2.43. The van der Waals surface area contributed by atoms with E-state index >= 15 is 0 Å². The number of hydrogen-bond donors (Lipinski definition) is 0. The van der Waals surface area contributed by atoms with Crippen LogP contribution in [0.15, 0.2) is 66.7 Å². The molecule has 0 heterocycles. The van der Waals surface area contributed by atoms with Gasteiger partial charge in [-0.05, 0) is 24.5 Å². The van der Waals surface area contributed by atoms with Crippen LogP contribution in [0.1, 0.15) is 37.8 Å². The summed E-state index contributed by atoms with van der Waals surface area (Å²) in [7, 11) is 0. The van der Waals surface area contributed by atoms with E-state index in [0.717, 1.165) is 42.5 Å². The Labute approximate surface area is 153 Å². The van der Waals surface area contributed by atoms with E-state index in [2.05, 4.69) is 86.8 Å². The first-order valence-corrected chi connectivity index (χ1v) is 9.26. The van der Waals surface area contributed by atoms with Gasteiger partial charge in [-0.1, -0.05) is 86.2 Å². The minimum Gasteiger partial charge on any atom is -0.359 e. The molecule has 1 heteroatoms. The summed E-state index contributed by atoms with van der Waals surface area (Å²) in [5, 5.41) is 0. The molecule has 0 bridgehead atoms. The highest BCUT2D eigenvalue weighted by Crippen LogP contribution is 2.14. The molecule has 0 atom stereocenters. The zero-order valence-corrected chi connectivity index (χ0v) is 15.5. The van der Waals surface area contributed by atoms with Crippen molar-refractivity contribution in [3.63, 3.8) is 0 Å². The van der Waals surface area contributed by atoms with Crippen LogP contribution < -0.4 is 0 Å². The van der Waals surface area contributed by atoms with Crippen LogP contribution >= 0.6 is 0 Å². The lowest BCUT2D eigenvalue weighted by Crippen LogP contribution is -2.46. The van der Waals surface area contributed by atoms with Gasteiger partial charge in [0.15, 0.2) is 0 Å². The van der Waals surface area contributed by atoms with Gasteiger partial charge in [-0.15, -0.1) is 0 Å². The first-order chi connectivity index (χ1) is 12.3. The first-order valence-electron chi connectivity index (χ1n) is 9.26. The van der Waals surface area contributed by atoms with Gasteiger partial charge in [0.25, 0.3) is 0 Å². The molecular formula is C24H29N. The molecule has 2 rings (SSSR count). The molecule has 0 unspecified atom stereocenters. The summed E-state index contributed by atoms with van der Waals surface area (Å²) < 4.78 is 0.927. The predicted molar refractivity (Wildman–Crippen MR) is 109 cm³/mol. The summed E-state index contributed by atoms with van der Waals surface area (Å²) in [4.78, 5) is 0. The summed E-state index contributed by atoms with van der Waals surface area (Å²) in [5.41, 5.74) is 2.33. The van der Waals surface area contributed by atoms with E-state index in [4.69, 9.17) is 0 Å². The Balaban J connectivity index is 2.09. The fourth-order valence-electron chi connectivity index (χ4n) is 3.10. The van der Waals surface area contributed by atoms with Crippen LogP contribution in [0.3, 0.4) is 0 Å². The second-order valence-electron chi connectivity index (χ2n) is 6.43. The molecule has 0 aliphatic carbocycles. The predicted octanol–water partition coefficient (Wildman–Crippen LogP) is 5.55. The molecule has 0 fully saturated rings. The summed E-state index contributed by atoms with van der Waals surface area (Å²) in [5.74, 6) is 6.60. The summed E-state index contributed by atoms with van der Waals surface area (Å²) >= 11 is 0. The topological polar surface area (TPSA) is 0 Å². The average Bonchev–Trinajstić information content (AvgIpc) is 2.64. The van der Waals surface area contributed by atoms with Gasteiger partial charge < -0.3 is 4.48 Å². The first kappa shape index (κ1) is 18.9. The molecule has 0 amide bonds. The van der Waals surface area contributed by atoms with Crippen LogP contribution in [0.25, 0.3) is 6.08 Å². The zero-order valence-electron chi connectivity index (χ0n) is 15.5. The Morgan fingerprint density at radius 3 is 2.08 bits per heavy atom. The normalized spacial score (nSPS) is 11.1. The number of benzene rings is 2. The summed E-state index contributed by atoms with van der Waals surface area (Å²) in [6, 6.07) is 20.7. The molecule has 0 radical (unpaired) electrons. The molecule has 2 aromatic rings. The van der Waals surface area contributed by atoms with E-state index < -0.39 is 0 Å². The van der Waals surface area contributed by atoms with Gasteiger partial charge in [0.05, 0.1) is 19.6 Å². The third kappa shape index (κ3) is 6.53. The maximum atomic E-state index is 3.32. The molecule has 0 N–H and O–H groups in total. The number of hydrogen-bond acceptors (Lipinski definition) is 0. The van der Waals surface area contributed by atoms with Crippen molar-refractivity contribution in [1.29, 1.82) is 0 Å². The highest BCUT2D eigenvalue weighted by atomic mass is 15.3. The summed E-state index contributed by atoms with van der Waals surface area (Å²) in [6.07, 6.45) is 6.82. The maximum absolute atomic E-state index is 3.32. The van der Waals surface area contributed by atoms with Crippen LogP contribution in [0.5, 0.6) is 0 Å². The quantitative estimate of drug-likeness (QED) is 0.338. The van der Waals surface area contributed by atoms with Crippen molar-refractivity contribution in [2.45, 2.75) is 26.7 Å². The van der Waals surface area contributed by atoms with Gasteiger partial charge in [-0.2, -0.15) is 0 Å². The van der Waals surface area contributed by atoms with Crippen LogP contribution in [0, 0.1) is 18.4 Å². The van der Waals surface area contributed by atoms with Gasteiger partial charge in [-0.3, -0.25) is 5.92 Å². The number of nitrogens with zero attached hydrogens (tertiary/aromatic N) is 1. The van der Waals surface area contributed by atoms with Gasteiger partial charge in [0.1, 0.15) is 0 Å². The fourth-order valence-corrected chi connectivity index (χ4v) is 3.10. The molecule has 0 saturated carbocycles. The molecule has 0 saturated heterocycles. The second-order valence-corrected chi connectivity index (χ2v) is 6.43. The van der Waals surface area contributed by atoms with Gasteiger partial charge in [-0.25, -0.2) is 5.92 Å². The lowest BCUT2D eigenvalue weighted by atomic mass is 10.2. The van der Waals surface area contributed by atoms with Crippen molar-refractivity contribution in [3.05, 3.63) is 84.4 Å². The van der Waals surface area contributed by atoms with Crippen LogP contribution in [0.2, 0.25) is 0 Å². The minimum absolute atomic E-state index is 0.927. The van der Waals surface area contributed by atoms with Crippen molar-refractivity contribution >= 4 is 6.08 Å². The Bertz CT molecular complexity index is 683. The Morgan fingerprint density at radius 1 is 0.880 bits per heavy atom. The van der Waals surface area contributed by atoms with E-state index in [1.807, 2.05) is 18.2 Å². The third-order valence-corrected chi connectivity index (χ3v) is 4.25. The van der Waals surface area contributed by atoms with Crippen LogP contribution in [0.4, 0.5) is 0 Å². The molecule has 0 aliphatic rings. The van der Waals surface area contributed by atoms with E-state index in [0.29, 0.717) is 0 Å². The molecule has 1 nitrogen and oxygen atoms in total. The van der Waals surface area contributed by atoms with E-state index in [1.165, 1.54) is 5.56 Å². The van der Waals surface area contributed by atoms with E-state index in [-0.39, 0.29) is 0 Å².